The number of carbonyl (C=O) groups is 2. The standard InChI is InChI=1S/C16H23NO5/c1-12(7-6-10-18)14(15(19)21-2)17-16(20)22-11-13-8-4-3-5-9-13/h3-5,8-9,12,14,18H,6-7,10-11H2,1-2H3,(H,17,20)/t12?,14-/m0/s1. The van der Waals surface area contributed by atoms with E-state index in [4.69, 9.17) is 14.6 Å². The molecule has 1 amide bonds. The van der Waals surface area contributed by atoms with E-state index in [2.05, 4.69) is 5.32 Å². The summed E-state index contributed by atoms with van der Waals surface area (Å²) in [6, 6.07) is 8.47. The Labute approximate surface area is 130 Å². The van der Waals surface area contributed by atoms with Crippen LogP contribution in [0.5, 0.6) is 0 Å². The second-order valence-electron chi connectivity index (χ2n) is 5.05. The number of amides is 1. The van der Waals surface area contributed by atoms with Crippen molar-refractivity contribution in [1.29, 1.82) is 0 Å². The molecule has 0 spiro atoms. The topological polar surface area (TPSA) is 84.9 Å². The molecule has 1 aromatic carbocycles. The number of alkyl carbamates (subject to hydrolysis) is 1. The summed E-state index contributed by atoms with van der Waals surface area (Å²) >= 11 is 0. The van der Waals surface area contributed by atoms with Gasteiger partial charge in [0.25, 0.3) is 0 Å². The number of hydrogen-bond acceptors (Lipinski definition) is 5. The summed E-state index contributed by atoms with van der Waals surface area (Å²) in [6.07, 6.45) is 0.472. The van der Waals surface area contributed by atoms with Crippen LogP contribution in [0.3, 0.4) is 0 Å². The zero-order chi connectivity index (χ0) is 16.4. The number of aliphatic hydroxyl groups is 1. The van der Waals surface area contributed by atoms with E-state index in [-0.39, 0.29) is 19.1 Å². The van der Waals surface area contributed by atoms with Crippen LogP contribution < -0.4 is 5.32 Å². The predicted molar refractivity (Wildman–Crippen MR) is 81.1 cm³/mol. The Morgan fingerprint density at radius 2 is 1.95 bits per heavy atom. The lowest BCUT2D eigenvalue weighted by Crippen LogP contribution is -2.46. The van der Waals surface area contributed by atoms with Crippen molar-refractivity contribution in [1.82, 2.24) is 5.32 Å². The summed E-state index contributed by atoms with van der Waals surface area (Å²) in [4.78, 5) is 23.6. The van der Waals surface area contributed by atoms with Gasteiger partial charge in [-0.3, -0.25) is 0 Å². The first-order valence-corrected chi connectivity index (χ1v) is 7.24. The van der Waals surface area contributed by atoms with Gasteiger partial charge in [0.2, 0.25) is 0 Å². The number of benzene rings is 1. The van der Waals surface area contributed by atoms with Crippen molar-refractivity contribution in [2.24, 2.45) is 5.92 Å². The number of aliphatic hydroxyl groups excluding tert-OH is 1. The summed E-state index contributed by atoms with van der Waals surface area (Å²) in [7, 11) is 1.27. The molecule has 1 unspecified atom stereocenters. The summed E-state index contributed by atoms with van der Waals surface area (Å²) in [5, 5.41) is 11.4. The zero-order valence-electron chi connectivity index (χ0n) is 13.0. The van der Waals surface area contributed by atoms with Gasteiger partial charge in [-0.05, 0) is 24.3 Å². The van der Waals surface area contributed by atoms with Crippen LogP contribution in [0.25, 0.3) is 0 Å². The molecule has 0 fully saturated rings. The van der Waals surface area contributed by atoms with Crippen LogP contribution in [-0.2, 0) is 20.9 Å². The SMILES string of the molecule is COC(=O)[C@@H](NC(=O)OCc1ccccc1)C(C)CCCO. The van der Waals surface area contributed by atoms with Gasteiger partial charge in [-0.15, -0.1) is 0 Å². The lowest BCUT2D eigenvalue weighted by Gasteiger charge is -2.22. The lowest BCUT2D eigenvalue weighted by atomic mass is 9.97. The van der Waals surface area contributed by atoms with Gasteiger partial charge in [0.15, 0.2) is 0 Å². The average Bonchev–Trinajstić information content (AvgIpc) is 2.55. The van der Waals surface area contributed by atoms with Crippen LogP contribution in [0.15, 0.2) is 30.3 Å². The first-order chi connectivity index (χ1) is 10.6. The van der Waals surface area contributed by atoms with Crippen molar-refractivity contribution in [2.45, 2.75) is 32.4 Å². The molecule has 6 nitrogen and oxygen atoms in total. The Morgan fingerprint density at radius 3 is 2.55 bits per heavy atom. The van der Waals surface area contributed by atoms with Crippen LogP contribution in [-0.4, -0.2) is 36.9 Å². The van der Waals surface area contributed by atoms with E-state index in [9.17, 15) is 9.59 Å². The molecule has 0 radical (unpaired) electrons. The van der Waals surface area contributed by atoms with Crippen molar-refractivity contribution in [2.75, 3.05) is 13.7 Å². The number of esters is 1. The Kier molecular flexibility index (Phi) is 7.99. The number of ether oxygens (including phenoxy) is 2. The van der Waals surface area contributed by atoms with E-state index >= 15 is 0 Å². The van der Waals surface area contributed by atoms with Gasteiger partial charge < -0.3 is 19.9 Å². The van der Waals surface area contributed by atoms with E-state index in [1.807, 2.05) is 37.3 Å². The number of rotatable bonds is 8. The highest BCUT2D eigenvalue weighted by Crippen LogP contribution is 2.12. The third-order valence-electron chi connectivity index (χ3n) is 3.33. The minimum Gasteiger partial charge on any atom is -0.467 e. The fourth-order valence-electron chi connectivity index (χ4n) is 2.03. The predicted octanol–water partition coefficient (Wildman–Crippen LogP) is 1.86. The normalized spacial score (nSPS) is 13.0. The summed E-state index contributed by atoms with van der Waals surface area (Å²) in [6.45, 7) is 1.98. The Morgan fingerprint density at radius 1 is 1.27 bits per heavy atom. The maximum absolute atomic E-state index is 11.8. The highest BCUT2D eigenvalue weighted by Gasteiger charge is 2.28. The third kappa shape index (κ3) is 6.13. The highest BCUT2D eigenvalue weighted by molar-refractivity contribution is 5.81. The van der Waals surface area contributed by atoms with E-state index < -0.39 is 18.1 Å². The maximum atomic E-state index is 11.8. The van der Waals surface area contributed by atoms with Gasteiger partial charge in [-0.25, -0.2) is 9.59 Å². The molecule has 1 rings (SSSR count). The molecule has 6 heteroatoms. The molecule has 0 aromatic heterocycles. The first-order valence-electron chi connectivity index (χ1n) is 7.24. The Balaban J connectivity index is 2.53. The van der Waals surface area contributed by atoms with Gasteiger partial charge in [0, 0.05) is 6.61 Å². The van der Waals surface area contributed by atoms with Gasteiger partial charge >= 0.3 is 12.1 Å². The van der Waals surface area contributed by atoms with Crippen LogP contribution in [0.4, 0.5) is 4.79 Å². The van der Waals surface area contributed by atoms with Gasteiger partial charge in [-0.1, -0.05) is 37.3 Å². The third-order valence-corrected chi connectivity index (χ3v) is 3.33. The van der Waals surface area contributed by atoms with Crippen LogP contribution in [0, 0.1) is 5.92 Å². The smallest absolute Gasteiger partial charge is 0.408 e. The molecule has 0 aliphatic rings. The van der Waals surface area contributed by atoms with E-state index in [0.29, 0.717) is 12.8 Å². The van der Waals surface area contributed by atoms with Crippen molar-refractivity contribution in [3.63, 3.8) is 0 Å². The molecule has 22 heavy (non-hydrogen) atoms. The van der Waals surface area contributed by atoms with Crippen LogP contribution >= 0.6 is 0 Å². The lowest BCUT2D eigenvalue weighted by molar-refractivity contribution is -0.144. The molecule has 0 aliphatic heterocycles. The largest absolute Gasteiger partial charge is 0.467 e. The molecule has 2 N–H and O–H groups in total. The Bertz CT molecular complexity index is 463. The van der Waals surface area contributed by atoms with Crippen molar-refractivity contribution in [3.05, 3.63) is 35.9 Å². The van der Waals surface area contributed by atoms with E-state index in [1.165, 1.54) is 7.11 Å². The summed E-state index contributed by atoms with van der Waals surface area (Å²) in [5.74, 6) is -0.689. The van der Waals surface area contributed by atoms with Gasteiger partial charge in [0.1, 0.15) is 12.6 Å². The molecule has 0 heterocycles. The molecule has 122 valence electrons. The van der Waals surface area contributed by atoms with Gasteiger partial charge in [-0.2, -0.15) is 0 Å². The average molecular weight is 309 g/mol. The molecule has 0 bridgehead atoms. The van der Waals surface area contributed by atoms with E-state index in [0.717, 1.165) is 5.56 Å². The second kappa shape index (κ2) is 9.78. The second-order valence-corrected chi connectivity index (χ2v) is 5.05. The van der Waals surface area contributed by atoms with Gasteiger partial charge in [0.05, 0.1) is 7.11 Å². The molecule has 0 aliphatic carbocycles. The van der Waals surface area contributed by atoms with Crippen molar-refractivity contribution in [3.8, 4) is 0 Å². The number of nitrogens with one attached hydrogen (secondary N) is 1. The molecular formula is C16H23NO5. The highest BCUT2D eigenvalue weighted by atomic mass is 16.6. The molecule has 2 atom stereocenters. The monoisotopic (exact) mass is 309 g/mol. The fraction of sp³-hybridized carbons (Fsp3) is 0.500. The summed E-state index contributed by atoms with van der Waals surface area (Å²) in [5.41, 5.74) is 0.862. The molecule has 0 saturated carbocycles. The van der Waals surface area contributed by atoms with Crippen molar-refractivity contribution >= 4 is 12.1 Å². The minimum absolute atomic E-state index is 0.0384. The number of methoxy groups -OCH3 is 1. The Hall–Kier alpha value is -2.08. The minimum atomic E-state index is -0.792. The number of carbonyl (C=O) groups excluding carboxylic acids is 2. The summed E-state index contributed by atoms with van der Waals surface area (Å²) < 4.78 is 9.81. The zero-order valence-corrected chi connectivity index (χ0v) is 13.0. The molecular weight excluding hydrogens is 286 g/mol. The molecule has 0 saturated heterocycles. The van der Waals surface area contributed by atoms with Crippen molar-refractivity contribution < 1.29 is 24.2 Å². The maximum Gasteiger partial charge on any atom is 0.408 e. The first kappa shape index (κ1) is 18.0. The number of hydrogen-bond donors (Lipinski definition) is 2. The van der Waals surface area contributed by atoms with E-state index in [1.54, 1.807) is 0 Å². The van der Waals surface area contributed by atoms with Crippen LogP contribution in [0.1, 0.15) is 25.3 Å². The quantitative estimate of drug-likeness (QED) is 0.716. The fourth-order valence-corrected chi connectivity index (χ4v) is 2.03. The van der Waals surface area contributed by atoms with Crippen LogP contribution in [0.2, 0.25) is 0 Å². The molecule has 1 aromatic rings.